The van der Waals surface area contributed by atoms with Crippen molar-refractivity contribution < 1.29 is 4.79 Å². The minimum absolute atomic E-state index is 0.0493. The lowest BCUT2D eigenvalue weighted by molar-refractivity contribution is 0.0531. The van der Waals surface area contributed by atoms with Crippen LogP contribution in [-0.2, 0) is 6.54 Å². The van der Waals surface area contributed by atoms with E-state index in [-0.39, 0.29) is 17.9 Å². The lowest BCUT2D eigenvalue weighted by atomic mass is 9.99. The van der Waals surface area contributed by atoms with Crippen LogP contribution in [0.3, 0.4) is 0 Å². The Bertz CT molecular complexity index is 868. The predicted molar refractivity (Wildman–Crippen MR) is 92.7 cm³/mol. The summed E-state index contributed by atoms with van der Waals surface area (Å²) in [7, 11) is 0. The van der Waals surface area contributed by atoms with Gasteiger partial charge in [0, 0.05) is 12.1 Å². The van der Waals surface area contributed by atoms with Crippen molar-refractivity contribution in [2.75, 3.05) is 6.54 Å². The first-order chi connectivity index (χ1) is 12.1. The molecule has 7 heteroatoms. The molecule has 1 amide bonds. The number of carbonyl (C=O) groups is 1. The number of aromatic amines is 1. The molecule has 0 fully saturated rings. The van der Waals surface area contributed by atoms with E-state index in [1.54, 1.807) is 6.20 Å². The molecule has 0 unspecified atom stereocenters. The highest BCUT2D eigenvalue weighted by molar-refractivity contribution is 5.92. The maximum atomic E-state index is 12.9. The van der Waals surface area contributed by atoms with E-state index in [1.165, 1.54) is 6.33 Å². The Morgan fingerprint density at radius 3 is 2.72 bits per heavy atom. The van der Waals surface area contributed by atoms with Crippen molar-refractivity contribution in [1.82, 2.24) is 29.6 Å². The van der Waals surface area contributed by atoms with Crippen LogP contribution in [0.15, 0.2) is 42.9 Å². The lowest BCUT2D eigenvalue weighted by Crippen LogP contribution is -2.44. The Hall–Kier alpha value is -2.96. The van der Waals surface area contributed by atoms with Crippen molar-refractivity contribution >= 4 is 5.91 Å². The molecule has 1 aliphatic rings. The Morgan fingerprint density at radius 1 is 1.24 bits per heavy atom. The SMILES string of the molecule is CC(C)[C@H]1c2nc(-c3ccccc3)nn2CCN1C(=O)c1cnc[nH]1. The topological polar surface area (TPSA) is 79.7 Å². The van der Waals surface area contributed by atoms with Gasteiger partial charge in [-0.15, -0.1) is 0 Å². The highest BCUT2D eigenvalue weighted by atomic mass is 16.2. The summed E-state index contributed by atoms with van der Waals surface area (Å²) in [5.74, 6) is 1.72. The number of amides is 1. The second-order valence-corrected chi connectivity index (χ2v) is 6.54. The van der Waals surface area contributed by atoms with E-state index in [1.807, 2.05) is 39.9 Å². The number of hydrogen-bond acceptors (Lipinski definition) is 4. The summed E-state index contributed by atoms with van der Waals surface area (Å²) >= 11 is 0. The Kier molecular flexibility index (Phi) is 3.83. The first kappa shape index (κ1) is 15.6. The molecule has 7 nitrogen and oxygen atoms in total. The maximum absolute atomic E-state index is 12.9. The molecule has 25 heavy (non-hydrogen) atoms. The number of imidazole rings is 1. The third-order valence-corrected chi connectivity index (χ3v) is 4.51. The molecule has 1 atom stereocenters. The van der Waals surface area contributed by atoms with Gasteiger partial charge in [-0.2, -0.15) is 5.10 Å². The largest absolute Gasteiger partial charge is 0.341 e. The van der Waals surface area contributed by atoms with Gasteiger partial charge in [0.2, 0.25) is 0 Å². The number of nitrogens with one attached hydrogen (secondary N) is 1. The zero-order valence-electron chi connectivity index (χ0n) is 14.3. The molecule has 1 aromatic carbocycles. The number of benzene rings is 1. The van der Waals surface area contributed by atoms with Crippen LogP contribution >= 0.6 is 0 Å². The van der Waals surface area contributed by atoms with Crippen LogP contribution in [0.2, 0.25) is 0 Å². The monoisotopic (exact) mass is 336 g/mol. The van der Waals surface area contributed by atoms with Crippen molar-refractivity contribution in [3.8, 4) is 11.4 Å². The fraction of sp³-hybridized carbons (Fsp3) is 0.333. The number of nitrogens with zero attached hydrogens (tertiary/aromatic N) is 5. The smallest absolute Gasteiger partial charge is 0.272 e. The molecule has 0 aliphatic carbocycles. The molecule has 1 N–H and O–H groups in total. The quantitative estimate of drug-likeness (QED) is 0.797. The van der Waals surface area contributed by atoms with E-state index >= 15 is 0 Å². The number of carbonyl (C=O) groups excluding carboxylic acids is 1. The minimum Gasteiger partial charge on any atom is -0.341 e. The highest BCUT2D eigenvalue weighted by Crippen LogP contribution is 2.33. The average Bonchev–Trinajstić information content (AvgIpc) is 3.30. The summed E-state index contributed by atoms with van der Waals surface area (Å²) in [6, 6.07) is 9.81. The van der Waals surface area contributed by atoms with Crippen molar-refractivity contribution in [2.45, 2.75) is 26.4 Å². The molecular weight excluding hydrogens is 316 g/mol. The van der Waals surface area contributed by atoms with Gasteiger partial charge >= 0.3 is 0 Å². The summed E-state index contributed by atoms with van der Waals surface area (Å²) in [6.45, 7) is 5.44. The van der Waals surface area contributed by atoms with Crippen molar-refractivity contribution in [1.29, 1.82) is 0 Å². The zero-order chi connectivity index (χ0) is 17.4. The zero-order valence-corrected chi connectivity index (χ0v) is 14.3. The van der Waals surface area contributed by atoms with Crippen LogP contribution in [0.4, 0.5) is 0 Å². The summed E-state index contributed by atoms with van der Waals surface area (Å²) in [4.78, 5) is 26.4. The average molecular weight is 336 g/mol. The third-order valence-electron chi connectivity index (χ3n) is 4.51. The summed E-state index contributed by atoms with van der Waals surface area (Å²) < 4.78 is 1.93. The second-order valence-electron chi connectivity index (χ2n) is 6.54. The van der Waals surface area contributed by atoms with Crippen LogP contribution in [0.1, 0.15) is 36.2 Å². The van der Waals surface area contributed by atoms with E-state index in [4.69, 9.17) is 4.98 Å². The molecule has 3 aromatic rings. The fourth-order valence-electron chi connectivity index (χ4n) is 3.34. The molecule has 0 radical (unpaired) electrons. The molecule has 2 aromatic heterocycles. The first-order valence-electron chi connectivity index (χ1n) is 8.44. The Morgan fingerprint density at radius 2 is 2.04 bits per heavy atom. The number of aromatic nitrogens is 5. The summed E-state index contributed by atoms with van der Waals surface area (Å²) in [5, 5.41) is 4.66. The van der Waals surface area contributed by atoms with Gasteiger partial charge < -0.3 is 9.88 Å². The van der Waals surface area contributed by atoms with E-state index in [0.29, 0.717) is 24.6 Å². The van der Waals surface area contributed by atoms with Gasteiger partial charge in [0.25, 0.3) is 5.91 Å². The number of hydrogen-bond donors (Lipinski definition) is 1. The van der Waals surface area contributed by atoms with E-state index in [9.17, 15) is 4.79 Å². The van der Waals surface area contributed by atoms with Gasteiger partial charge in [-0.1, -0.05) is 44.2 Å². The predicted octanol–water partition coefficient (Wildman–Crippen LogP) is 2.52. The van der Waals surface area contributed by atoms with E-state index in [2.05, 4.69) is 28.9 Å². The summed E-state index contributed by atoms with van der Waals surface area (Å²) in [5.41, 5.74) is 1.49. The number of rotatable bonds is 3. The van der Waals surface area contributed by atoms with Gasteiger partial charge in [0.1, 0.15) is 5.69 Å². The van der Waals surface area contributed by atoms with Gasteiger partial charge in [0.05, 0.1) is 25.1 Å². The third kappa shape index (κ3) is 2.71. The van der Waals surface area contributed by atoms with Crippen LogP contribution in [0, 0.1) is 5.92 Å². The molecule has 1 aliphatic heterocycles. The van der Waals surface area contributed by atoms with Gasteiger partial charge in [0.15, 0.2) is 11.6 Å². The molecule has 3 heterocycles. The van der Waals surface area contributed by atoms with Crippen LogP contribution in [0.5, 0.6) is 0 Å². The normalized spacial score (nSPS) is 16.9. The second kappa shape index (κ2) is 6.16. The Labute approximate surface area is 145 Å². The van der Waals surface area contributed by atoms with Crippen LogP contribution < -0.4 is 0 Å². The van der Waals surface area contributed by atoms with Crippen molar-refractivity contribution in [3.63, 3.8) is 0 Å². The molecular formula is C18H20N6O. The van der Waals surface area contributed by atoms with Crippen LogP contribution in [0.25, 0.3) is 11.4 Å². The molecule has 0 spiro atoms. The van der Waals surface area contributed by atoms with Gasteiger partial charge in [-0.25, -0.2) is 14.6 Å². The number of fused-ring (bicyclic) bond motifs is 1. The summed E-state index contributed by atoms with van der Waals surface area (Å²) in [6.07, 6.45) is 3.09. The molecule has 0 saturated heterocycles. The van der Waals surface area contributed by atoms with Gasteiger partial charge in [-0.3, -0.25) is 4.79 Å². The highest BCUT2D eigenvalue weighted by Gasteiger charge is 2.36. The van der Waals surface area contributed by atoms with Crippen LogP contribution in [-0.4, -0.2) is 42.1 Å². The van der Waals surface area contributed by atoms with Gasteiger partial charge in [-0.05, 0) is 5.92 Å². The molecule has 0 saturated carbocycles. The lowest BCUT2D eigenvalue weighted by Gasteiger charge is -2.37. The first-order valence-corrected chi connectivity index (χ1v) is 8.44. The molecule has 4 rings (SSSR count). The minimum atomic E-state index is -0.116. The van der Waals surface area contributed by atoms with E-state index < -0.39 is 0 Å². The number of H-pyrrole nitrogens is 1. The standard InChI is InChI=1S/C18H20N6O/c1-12(2)15-17-21-16(13-6-4-3-5-7-13)22-24(17)9-8-23(15)18(25)14-10-19-11-20-14/h3-7,10-12,15H,8-9H2,1-2H3,(H,19,20)/t15-/m0/s1. The fourth-order valence-corrected chi connectivity index (χ4v) is 3.34. The maximum Gasteiger partial charge on any atom is 0.272 e. The van der Waals surface area contributed by atoms with Crippen molar-refractivity contribution in [3.05, 3.63) is 54.4 Å². The Balaban J connectivity index is 1.72. The molecule has 0 bridgehead atoms. The van der Waals surface area contributed by atoms with Crippen molar-refractivity contribution in [2.24, 2.45) is 5.92 Å². The van der Waals surface area contributed by atoms with E-state index in [0.717, 1.165) is 11.4 Å². The molecule has 128 valence electrons.